The van der Waals surface area contributed by atoms with Crippen molar-refractivity contribution >= 4 is 17.9 Å². The Labute approximate surface area is 135 Å². The van der Waals surface area contributed by atoms with Crippen LogP contribution in [0.15, 0.2) is 0 Å². The zero-order valence-electron chi connectivity index (χ0n) is 13.2. The first kappa shape index (κ1) is 13.8. The van der Waals surface area contributed by atoms with Gasteiger partial charge in [-0.15, -0.1) is 0 Å². The van der Waals surface area contributed by atoms with Crippen LogP contribution in [0.1, 0.15) is 38.5 Å². The second-order valence-electron chi connectivity index (χ2n) is 8.38. The molecule has 6 fully saturated rings. The lowest BCUT2D eigenvalue weighted by Gasteiger charge is -2.58. The van der Waals surface area contributed by atoms with Gasteiger partial charge in [-0.2, -0.15) is 0 Å². The summed E-state index contributed by atoms with van der Waals surface area (Å²) in [7, 11) is 0. The summed E-state index contributed by atoms with van der Waals surface area (Å²) < 4.78 is 4.76. The molecule has 0 radical (unpaired) electrons. The lowest BCUT2D eigenvalue weighted by atomic mass is 9.49. The van der Waals surface area contributed by atoms with Crippen molar-refractivity contribution in [3.05, 3.63) is 0 Å². The van der Waals surface area contributed by atoms with Gasteiger partial charge in [0.2, 0.25) is 5.91 Å². The molecule has 2 aliphatic heterocycles. The Hall–Kier alpha value is -1.59. The number of likely N-dealkylation sites (tertiary alicyclic amines) is 1. The summed E-state index contributed by atoms with van der Waals surface area (Å²) in [6, 6.07) is -0.185. The van der Waals surface area contributed by atoms with Crippen LogP contribution in [0.2, 0.25) is 0 Å². The largest absolute Gasteiger partial charge is 0.439 e. The highest BCUT2D eigenvalue weighted by Gasteiger charge is 2.57. The van der Waals surface area contributed by atoms with E-state index >= 15 is 0 Å². The summed E-state index contributed by atoms with van der Waals surface area (Å²) >= 11 is 0. The zero-order valence-corrected chi connectivity index (χ0v) is 13.2. The van der Waals surface area contributed by atoms with E-state index in [2.05, 4.69) is 0 Å². The highest BCUT2D eigenvalue weighted by molar-refractivity contribution is 5.98. The number of nitrogens with zero attached hydrogens (tertiary/aromatic N) is 2. The topological polar surface area (TPSA) is 66.9 Å². The fraction of sp³-hybridized carbons (Fsp3) is 0.824. The molecule has 4 bridgehead atoms. The Balaban J connectivity index is 1.28. The van der Waals surface area contributed by atoms with Gasteiger partial charge in [-0.05, 0) is 56.3 Å². The summed E-state index contributed by atoms with van der Waals surface area (Å²) in [5.74, 6) is 2.25. The number of carbonyl (C=O) groups is 3. The van der Waals surface area contributed by atoms with Crippen LogP contribution in [0.3, 0.4) is 0 Å². The van der Waals surface area contributed by atoms with Crippen LogP contribution in [-0.2, 0) is 14.3 Å². The fourth-order valence-electron chi connectivity index (χ4n) is 6.21. The molecule has 2 saturated heterocycles. The zero-order chi connectivity index (χ0) is 15.8. The van der Waals surface area contributed by atoms with E-state index in [0.717, 1.165) is 37.0 Å². The maximum absolute atomic E-state index is 13.1. The molecule has 4 aliphatic carbocycles. The van der Waals surface area contributed by atoms with E-state index in [4.69, 9.17) is 4.74 Å². The van der Waals surface area contributed by atoms with Crippen molar-refractivity contribution in [1.82, 2.24) is 9.80 Å². The standard InChI is InChI=1S/C17H22N2O4/c20-14-9-23-16(22)19(14)13-7-18(8-13)15(21)17-4-10-1-11(5-17)3-12(2-10)6-17/h10-13H,1-9H2. The van der Waals surface area contributed by atoms with Gasteiger partial charge in [-0.1, -0.05) is 0 Å². The molecule has 23 heavy (non-hydrogen) atoms. The summed E-state index contributed by atoms with van der Waals surface area (Å²) in [6.45, 7) is 0.821. The number of hydrogen-bond acceptors (Lipinski definition) is 4. The highest BCUT2D eigenvalue weighted by atomic mass is 16.6. The molecular formula is C17H22N2O4. The molecular weight excluding hydrogens is 296 g/mol. The van der Waals surface area contributed by atoms with Gasteiger partial charge in [0, 0.05) is 13.1 Å². The molecule has 3 amide bonds. The molecule has 0 aromatic heterocycles. The molecule has 6 rings (SSSR count). The number of amides is 3. The normalized spacial score (nSPS) is 42.2. The van der Waals surface area contributed by atoms with Crippen molar-refractivity contribution in [3.63, 3.8) is 0 Å². The van der Waals surface area contributed by atoms with Crippen molar-refractivity contribution in [2.24, 2.45) is 23.2 Å². The molecule has 0 spiro atoms. The number of carbonyl (C=O) groups excluding carboxylic acids is 3. The number of ether oxygens (including phenoxy) is 1. The van der Waals surface area contributed by atoms with Crippen molar-refractivity contribution < 1.29 is 19.1 Å². The Morgan fingerprint density at radius 2 is 1.57 bits per heavy atom. The number of cyclic esters (lactones) is 1. The smallest absolute Gasteiger partial charge is 0.417 e. The molecule has 124 valence electrons. The molecule has 0 aromatic carbocycles. The molecule has 6 heteroatoms. The Bertz CT molecular complexity index is 544. The minimum Gasteiger partial charge on any atom is -0.439 e. The van der Waals surface area contributed by atoms with E-state index in [1.165, 1.54) is 24.2 Å². The second-order valence-corrected chi connectivity index (χ2v) is 8.38. The lowest BCUT2D eigenvalue weighted by molar-refractivity contribution is -0.165. The summed E-state index contributed by atoms with van der Waals surface area (Å²) in [5.41, 5.74) is -0.130. The minimum atomic E-state index is -0.554. The van der Waals surface area contributed by atoms with Crippen LogP contribution in [-0.4, -0.2) is 53.4 Å². The second kappa shape index (κ2) is 4.48. The van der Waals surface area contributed by atoms with Gasteiger partial charge < -0.3 is 9.64 Å². The molecule has 0 N–H and O–H groups in total. The number of rotatable bonds is 2. The SMILES string of the molecule is O=C1COC(=O)N1C1CN(C(=O)C23CC4CC(CC(C4)C2)C3)C1. The van der Waals surface area contributed by atoms with Crippen LogP contribution in [0.25, 0.3) is 0 Å². The maximum Gasteiger partial charge on any atom is 0.417 e. The summed E-state index contributed by atoms with van der Waals surface area (Å²) in [6.07, 6.45) is 6.59. The average Bonchev–Trinajstić information content (AvgIpc) is 2.76. The van der Waals surface area contributed by atoms with Crippen LogP contribution >= 0.6 is 0 Å². The van der Waals surface area contributed by atoms with Gasteiger partial charge in [0.15, 0.2) is 6.61 Å². The molecule has 2 heterocycles. The van der Waals surface area contributed by atoms with E-state index in [1.54, 1.807) is 0 Å². The number of imide groups is 1. The van der Waals surface area contributed by atoms with Crippen molar-refractivity contribution in [3.8, 4) is 0 Å². The molecule has 0 aromatic rings. The average molecular weight is 318 g/mol. The van der Waals surface area contributed by atoms with E-state index in [0.29, 0.717) is 13.1 Å². The third-order valence-electron chi connectivity index (χ3n) is 6.79. The molecule has 6 nitrogen and oxygen atoms in total. The molecule has 0 atom stereocenters. The maximum atomic E-state index is 13.1. The Kier molecular flexibility index (Phi) is 2.69. The van der Waals surface area contributed by atoms with E-state index in [1.807, 2.05) is 4.90 Å². The highest BCUT2D eigenvalue weighted by Crippen LogP contribution is 2.60. The minimum absolute atomic E-state index is 0.130. The van der Waals surface area contributed by atoms with Crippen LogP contribution in [0.5, 0.6) is 0 Å². The van der Waals surface area contributed by atoms with E-state index in [9.17, 15) is 14.4 Å². The summed E-state index contributed by atoms with van der Waals surface area (Å²) in [5, 5.41) is 0. The van der Waals surface area contributed by atoms with E-state index < -0.39 is 6.09 Å². The van der Waals surface area contributed by atoms with Crippen LogP contribution in [0.4, 0.5) is 4.79 Å². The van der Waals surface area contributed by atoms with Crippen molar-refractivity contribution in [2.75, 3.05) is 19.7 Å². The van der Waals surface area contributed by atoms with Crippen LogP contribution < -0.4 is 0 Å². The van der Waals surface area contributed by atoms with Gasteiger partial charge >= 0.3 is 6.09 Å². The van der Waals surface area contributed by atoms with Crippen molar-refractivity contribution in [1.29, 1.82) is 0 Å². The first-order valence-electron chi connectivity index (χ1n) is 8.82. The molecule has 6 aliphatic rings. The first-order valence-corrected chi connectivity index (χ1v) is 8.82. The molecule has 0 unspecified atom stereocenters. The Morgan fingerprint density at radius 1 is 1.00 bits per heavy atom. The Morgan fingerprint density at radius 3 is 2.04 bits per heavy atom. The fourth-order valence-corrected chi connectivity index (χ4v) is 6.21. The number of hydrogen-bond donors (Lipinski definition) is 0. The van der Waals surface area contributed by atoms with Gasteiger partial charge in [-0.25, -0.2) is 9.69 Å². The van der Waals surface area contributed by atoms with Gasteiger partial charge in [0.1, 0.15) is 0 Å². The first-order chi connectivity index (χ1) is 11.0. The predicted molar refractivity (Wildman–Crippen MR) is 79.2 cm³/mol. The summed E-state index contributed by atoms with van der Waals surface area (Å²) in [4.78, 5) is 39.5. The van der Waals surface area contributed by atoms with Gasteiger partial charge in [0.05, 0.1) is 11.5 Å². The van der Waals surface area contributed by atoms with Crippen molar-refractivity contribution in [2.45, 2.75) is 44.6 Å². The van der Waals surface area contributed by atoms with Gasteiger partial charge in [0.25, 0.3) is 5.91 Å². The third-order valence-corrected chi connectivity index (χ3v) is 6.79. The lowest BCUT2D eigenvalue weighted by Crippen LogP contribution is -2.66. The quantitative estimate of drug-likeness (QED) is 0.772. The van der Waals surface area contributed by atoms with E-state index in [-0.39, 0.29) is 29.9 Å². The third kappa shape index (κ3) is 1.90. The predicted octanol–water partition coefficient (Wildman–Crippen LogP) is 1.39. The van der Waals surface area contributed by atoms with Crippen LogP contribution in [0, 0.1) is 23.2 Å². The van der Waals surface area contributed by atoms with Gasteiger partial charge in [-0.3, -0.25) is 9.59 Å². The molecule has 4 saturated carbocycles. The monoisotopic (exact) mass is 318 g/mol.